The molecule has 0 radical (unpaired) electrons. The summed E-state index contributed by atoms with van der Waals surface area (Å²) in [6.45, 7) is 13.3. The summed E-state index contributed by atoms with van der Waals surface area (Å²) in [5, 5.41) is 2.20. The number of halogens is 2. The summed E-state index contributed by atoms with van der Waals surface area (Å²) in [5.41, 5.74) is 4.90. The van der Waals surface area contributed by atoms with E-state index in [1.54, 1.807) is 6.20 Å². The van der Waals surface area contributed by atoms with Gasteiger partial charge in [0.25, 0.3) is 0 Å². The van der Waals surface area contributed by atoms with Crippen molar-refractivity contribution < 1.29 is 4.39 Å². The van der Waals surface area contributed by atoms with Gasteiger partial charge in [-0.25, -0.2) is 19.3 Å². The van der Waals surface area contributed by atoms with Crippen LogP contribution in [-0.2, 0) is 0 Å². The van der Waals surface area contributed by atoms with Gasteiger partial charge in [0, 0.05) is 11.6 Å². The van der Waals surface area contributed by atoms with Gasteiger partial charge in [0.15, 0.2) is 27.5 Å². The normalized spacial score (nSPS) is 12.0. The fraction of sp³-hybridized carbons (Fsp3) is 0.500. The molecule has 0 spiro atoms. The second kappa shape index (κ2) is 7.94. The minimum Gasteiger partial charge on any atom is -0.241 e. The molecule has 0 fully saturated rings. The molecule has 0 aliphatic rings. The highest BCUT2D eigenvalue weighted by Gasteiger charge is 2.41. The Labute approximate surface area is 159 Å². The van der Waals surface area contributed by atoms with E-state index in [0.717, 1.165) is 0 Å². The molecule has 0 bridgehead atoms. The van der Waals surface area contributed by atoms with Crippen molar-refractivity contribution in [3.05, 3.63) is 28.2 Å². The van der Waals surface area contributed by atoms with E-state index in [2.05, 4.69) is 68.0 Å². The summed E-state index contributed by atoms with van der Waals surface area (Å²) in [7, 11) is -1.98. The maximum Gasteiger partial charge on any atom is 0.194 e. The van der Waals surface area contributed by atoms with Crippen molar-refractivity contribution in [3.8, 4) is 22.3 Å². The van der Waals surface area contributed by atoms with E-state index in [4.69, 9.17) is 11.6 Å². The topological polar surface area (TPSA) is 38.7 Å². The average molecular weight is 396 g/mol. The SMILES string of the molecule is CC(C)[Si](C#Cc1nc(-c2nccs2)nc(Cl)c1F)(C(C)C)C(C)C. The largest absolute Gasteiger partial charge is 0.241 e. The number of hydrogen-bond acceptors (Lipinski definition) is 4. The first-order valence-electron chi connectivity index (χ1n) is 8.36. The van der Waals surface area contributed by atoms with Gasteiger partial charge in [-0.05, 0) is 16.6 Å². The van der Waals surface area contributed by atoms with E-state index >= 15 is 0 Å². The molecule has 0 saturated heterocycles. The Morgan fingerprint density at radius 1 is 1.08 bits per heavy atom. The number of nitrogens with zero attached hydrogens (tertiary/aromatic N) is 3. The fourth-order valence-electron chi connectivity index (χ4n) is 3.53. The van der Waals surface area contributed by atoms with Crippen molar-refractivity contribution in [1.29, 1.82) is 0 Å². The molecule has 3 nitrogen and oxygen atoms in total. The van der Waals surface area contributed by atoms with Crippen LogP contribution in [0.1, 0.15) is 47.2 Å². The molecule has 2 rings (SSSR count). The molecule has 2 aromatic rings. The molecule has 0 saturated carbocycles. The van der Waals surface area contributed by atoms with Crippen LogP contribution < -0.4 is 0 Å². The summed E-state index contributed by atoms with van der Waals surface area (Å²) in [6, 6.07) is 0. The minimum absolute atomic E-state index is 0.0593. The molecule has 0 aliphatic carbocycles. The lowest BCUT2D eigenvalue weighted by Crippen LogP contribution is -2.43. The van der Waals surface area contributed by atoms with Crippen molar-refractivity contribution >= 4 is 31.0 Å². The summed E-state index contributed by atoms with van der Waals surface area (Å²) in [4.78, 5) is 12.4. The molecule has 7 heteroatoms. The first kappa shape index (κ1) is 20.0. The van der Waals surface area contributed by atoms with Gasteiger partial charge >= 0.3 is 0 Å². The second-order valence-electron chi connectivity index (χ2n) is 6.98. The Hall–Kier alpha value is -1.29. The van der Waals surface area contributed by atoms with Crippen LogP contribution in [0.3, 0.4) is 0 Å². The van der Waals surface area contributed by atoms with Crippen molar-refractivity contribution in [2.75, 3.05) is 0 Å². The van der Waals surface area contributed by atoms with Gasteiger partial charge < -0.3 is 0 Å². The van der Waals surface area contributed by atoms with Crippen molar-refractivity contribution in [2.24, 2.45) is 0 Å². The van der Waals surface area contributed by atoms with Gasteiger partial charge in [0.1, 0.15) is 8.07 Å². The average Bonchev–Trinajstić information content (AvgIpc) is 3.04. The highest BCUT2D eigenvalue weighted by molar-refractivity contribution is 7.13. The van der Waals surface area contributed by atoms with E-state index in [9.17, 15) is 4.39 Å². The van der Waals surface area contributed by atoms with Crippen molar-refractivity contribution in [1.82, 2.24) is 15.0 Å². The first-order valence-corrected chi connectivity index (χ1v) is 11.8. The summed E-state index contributed by atoms with van der Waals surface area (Å²) in [5.74, 6) is 2.68. The molecule has 0 unspecified atom stereocenters. The van der Waals surface area contributed by atoms with E-state index < -0.39 is 13.9 Å². The van der Waals surface area contributed by atoms with Gasteiger partial charge in [-0.2, -0.15) is 0 Å². The molecule has 0 aromatic carbocycles. The van der Waals surface area contributed by atoms with Crippen LogP contribution >= 0.6 is 22.9 Å². The first-order chi connectivity index (χ1) is 11.7. The molecule has 2 heterocycles. The van der Waals surface area contributed by atoms with Crippen LogP contribution in [0.2, 0.25) is 21.8 Å². The third kappa shape index (κ3) is 3.94. The predicted octanol–water partition coefficient (Wildman–Crippen LogP) is 5.96. The maximum atomic E-state index is 14.4. The standard InChI is InChI=1S/C18H23ClFN3SSi/c1-11(2)25(12(3)4,13(5)6)10-7-14-15(20)16(19)23-17(22-14)18-21-8-9-24-18/h8-9,11-13H,1-6H3. The Balaban J connectivity index is 2.58. The van der Waals surface area contributed by atoms with Crippen LogP contribution in [0.5, 0.6) is 0 Å². The molecule has 0 aliphatic heterocycles. The van der Waals surface area contributed by atoms with Crippen molar-refractivity contribution in [3.63, 3.8) is 0 Å². The van der Waals surface area contributed by atoms with Crippen LogP contribution in [0.15, 0.2) is 11.6 Å². The second-order valence-corrected chi connectivity index (χ2v) is 13.8. The molecule has 0 amide bonds. The quantitative estimate of drug-likeness (QED) is 0.364. The number of thiazole rings is 1. The van der Waals surface area contributed by atoms with Crippen LogP contribution in [-0.4, -0.2) is 23.0 Å². The van der Waals surface area contributed by atoms with Gasteiger partial charge in [0.2, 0.25) is 0 Å². The zero-order valence-electron chi connectivity index (χ0n) is 15.4. The van der Waals surface area contributed by atoms with Gasteiger partial charge in [-0.1, -0.05) is 59.1 Å². The number of hydrogen-bond donors (Lipinski definition) is 0. The Kier molecular flexibility index (Phi) is 6.36. The lowest BCUT2D eigenvalue weighted by atomic mass is 10.4. The zero-order chi connectivity index (χ0) is 18.8. The zero-order valence-corrected chi connectivity index (χ0v) is 18.0. The van der Waals surface area contributed by atoms with Crippen LogP contribution in [0, 0.1) is 17.3 Å². The highest BCUT2D eigenvalue weighted by Crippen LogP contribution is 2.40. The van der Waals surface area contributed by atoms with E-state index in [-0.39, 0.29) is 10.8 Å². The van der Waals surface area contributed by atoms with Gasteiger partial charge in [-0.15, -0.1) is 16.9 Å². The summed E-state index contributed by atoms with van der Waals surface area (Å²) >= 11 is 7.35. The monoisotopic (exact) mass is 395 g/mol. The van der Waals surface area contributed by atoms with E-state index in [1.165, 1.54) is 11.3 Å². The predicted molar refractivity (Wildman–Crippen MR) is 106 cm³/mol. The Morgan fingerprint density at radius 3 is 2.16 bits per heavy atom. The van der Waals surface area contributed by atoms with E-state index in [0.29, 0.717) is 27.5 Å². The Morgan fingerprint density at radius 2 is 1.68 bits per heavy atom. The molecular weight excluding hydrogens is 373 g/mol. The lowest BCUT2D eigenvalue weighted by Gasteiger charge is -2.38. The minimum atomic E-state index is -1.98. The summed E-state index contributed by atoms with van der Waals surface area (Å²) < 4.78 is 14.4. The molecule has 0 N–H and O–H groups in total. The number of aromatic nitrogens is 3. The molecule has 134 valence electrons. The summed E-state index contributed by atoms with van der Waals surface area (Å²) in [6.07, 6.45) is 1.65. The molecule has 2 aromatic heterocycles. The maximum absolute atomic E-state index is 14.4. The molecular formula is C18H23ClFN3SSi. The third-order valence-corrected chi connectivity index (χ3v) is 12.0. The highest BCUT2D eigenvalue weighted by atomic mass is 35.5. The smallest absolute Gasteiger partial charge is 0.194 e. The van der Waals surface area contributed by atoms with E-state index in [1.807, 2.05) is 5.38 Å². The van der Waals surface area contributed by atoms with Crippen molar-refractivity contribution in [2.45, 2.75) is 58.2 Å². The van der Waals surface area contributed by atoms with Gasteiger partial charge in [-0.3, -0.25) is 0 Å². The third-order valence-electron chi connectivity index (χ3n) is 4.70. The molecule has 0 atom stereocenters. The fourth-order valence-corrected chi connectivity index (χ4v) is 9.47. The van der Waals surface area contributed by atoms with Crippen LogP contribution in [0.4, 0.5) is 4.39 Å². The van der Waals surface area contributed by atoms with Gasteiger partial charge in [0.05, 0.1) is 0 Å². The Bertz CT molecular complexity index is 773. The number of rotatable bonds is 4. The lowest BCUT2D eigenvalue weighted by molar-refractivity contribution is 0.610. The molecule has 25 heavy (non-hydrogen) atoms. The van der Waals surface area contributed by atoms with Crippen LogP contribution in [0.25, 0.3) is 10.8 Å².